The van der Waals surface area contributed by atoms with Gasteiger partial charge in [0.2, 0.25) is 0 Å². The van der Waals surface area contributed by atoms with E-state index >= 15 is 0 Å². The van der Waals surface area contributed by atoms with Gasteiger partial charge in [-0.1, -0.05) is 75.2 Å². The van der Waals surface area contributed by atoms with Gasteiger partial charge in [-0.3, -0.25) is 0 Å². The molecule has 0 saturated carbocycles. The predicted octanol–water partition coefficient (Wildman–Crippen LogP) is 13.5. The average molecular weight is 872 g/mol. The van der Waals surface area contributed by atoms with E-state index in [-0.39, 0.29) is 5.97 Å². The van der Waals surface area contributed by atoms with Gasteiger partial charge < -0.3 is 28.9 Å². The third kappa shape index (κ3) is 10.8. The average Bonchev–Trinajstić information content (AvgIpc) is 3.63. The zero-order chi connectivity index (χ0) is 45.0. The minimum atomic E-state index is -1.29. The van der Waals surface area contributed by atoms with Crippen LogP contribution in [0.25, 0.3) is 11.1 Å². The summed E-state index contributed by atoms with van der Waals surface area (Å²) >= 11 is 0. The van der Waals surface area contributed by atoms with Crippen LogP contribution in [0.5, 0.6) is 11.5 Å². The monoisotopic (exact) mass is 872 g/mol. The number of fused-ring (bicyclic) bond motifs is 1. The van der Waals surface area contributed by atoms with Crippen LogP contribution in [0, 0.1) is 0 Å². The van der Waals surface area contributed by atoms with Gasteiger partial charge in [0.05, 0.1) is 18.8 Å². The molecule has 340 valence electrons. The normalized spacial score (nSPS) is 16.3. The summed E-state index contributed by atoms with van der Waals surface area (Å²) in [6.07, 6.45) is 16.2. The molecule has 65 heavy (non-hydrogen) atoms. The van der Waals surface area contributed by atoms with Crippen LogP contribution in [0.15, 0.2) is 127 Å². The van der Waals surface area contributed by atoms with Crippen LogP contribution in [0.3, 0.4) is 0 Å². The molecule has 0 aromatic heterocycles. The second kappa shape index (κ2) is 21.8. The summed E-state index contributed by atoms with van der Waals surface area (Å²) in [7, 11) is 0. The van der Waals surface area contributed by atoms with Crippen molar-refractivity contribution in [3.63, 3.8) is 0 Å². The summed E-state index contributed by atoms with van der Waals surface area (Å²) in [4.78, 5) is 22.0. The summed E-state index contributed by atoms with van der Waals surface area (Å²) in [6.45, 7) is 15.9. The highest BCUT2D eigenvalue weighted by molar-refractivity contribution is 5.98. The molecule has 3 aliphatic heterocycles. The second-order valence-electron chi connectivity index (χ2n) is 17.8. The number of rotatable bonds is 19. The van der Waals surface area contributed by atoms with Gasteiger partial charge in [-0.25, -0.2) is 4.79 Å². The van der Waals surface area contributed by atoms with Crippen molar-refractivity contribution in [3.8, 4) is 11.5 Å². The summed E-state index contributed by atoms with van der Waals surface area (Å²) in [5.41, 5.74) is 9.78. The Morgan fingerprint density at radius 2 is 0.985 bits per heavy atom. The maximum atomic E-state index is 14.5. The Balaban J connectivity index is 1.37. The van der Waals surface area contributed by atoms with E-state index in [1.54, 1.807) is 0 Å². The highest BCUT2D eigenvalue weighted by atomic mass is 16.6. The summed E-state index contributed by atoms with van der Waals surface area (Å²) in [5, 5.41) is 0. The zero-order valence-corrected chi connectivity index (χ0v) is 39.3. The number of ether oxygens (including phenoxy) is 3. The number of cyclic esters (lactones) is 1. The van der Waals surface area contributed by atoms with Gasteiger partial charge >= 0.3 is 5.97 Å². The lowest BCUT2D eigenvalue weighted by Gasteiger charge is -2.30. The molecule has 0 spiro atoms. The smallest absolute Gasteiger partial charge is 0.340 e. The van der Waals surface area contributed by atoms with Gasteiger partial charge in [-0.2, -0.15) is 0 Å². The van der Waals surface area contributed by atoms with E-state index in [4.69, 9.17) is 14.2 Å². The fourth-order valence-corrected chi connectivity index (χ4v) is 9.72. The summed E-state index contributed by atoms with van der Waals surface area (Å²) in [6, 6.07) is 41.0. The van der Waals surface area contributed by atoms with Crippen molar-refractivity contribution in [2.45, 2.75) is 97.5 Å². The SMILES string of the molecule is CCCCN(CCCC)c1ccc2c(c1)C(/C=C(\c1ccc(OCC)cc1)c1ccc(N3CCCCC3)cc1)(/C=C(\c1ccc(OCC)cc1)c1ccc(N3CCCCC3)cc1)OC2=O. The molecule has 5 aromatic rings. The van der Waals surface area contributed by atoms with Crippen LogP contribution in [0.1, 0.15) is 130 Å². The highest BCUT2D eigenvalue weighted by Crippen LogP contribution is 2.46. The fourth-order valence-electron chi connectivity index (χ4n) is 9.72. The molecule has 3 heterocycles. The maximum absolute atomic E-state index is 14.5. The zero-order valence-electron chi connectivity index (χ0n) is 39.3. The van der Waals surface area contributed by atoms with E-state index in [1.165, 1.54) is 49.9 Å². The molecular weight excluding hydrogens is 803 g/mol. The van der Waals surface area contributed by atoms with Crippen LogP contribution in [0.4, 0.5) is 17.1 Å². The Kier molecular flexibility index (Phi) is 15.3. The van der Waals surface area contributed by atoms with Gasteiger partial charge in [-0.05, 0) is 177 Å². The lowest BCUT2D eigenvalue weighted by molar-refractivity contribution is 0.0299. The van der Waals surface area contributed by atoms with Gasteiger partial charge in [0.1, 0.15) is 11.5 Å². The van der Waals surface area contributed by atoms with E-state index in [2.05, 4.69) is 126 Å². The van der Waals surface area contributed by atoms with Crippen molar-refractivity contribution < 1.29 is 19.0 Å². The molecule has 0 bridgehead atoms. The van der Waals surface area contributed by atoms with E-state index in [0.717, 1.165) is 121 Å². The molecule has 0 atom stereocenters. The first kappa shape index (κ1) is 45.6. The minimum absolute atomic E-state index is 0.328. The number of unbranched alkanes of at least 4 members (excludes halogenated alkanes) is 2. The van der Waals surface area contributed by atoms with Crippen LogP contribution >= 0.6 is 0 Å². The Morgan fingerprint density at radius 3 is 1.38 bits per heavy atom. The molecule has 7 heteroatoms. The van der Waals surface area contributed by atoms with Crippen molar-refractivity contribution in [2.75, 3.05) is 67.2 Å². The van der Waals surface area contributed by atoms with Crippen LogP contribution in [0.2, 0.25) is 0 Å². The van der Waals surface area contributed by atoms with Crippen LogP contribution in [-0.2, 0) is 10.3 Å². The molecule has 2 fully saturated rings. The van der Waals surface area contributed by atoms with Gasteiger partial charge in [-0.15, -0.1) is 0 Å². The number of anilines is 3. The fraction of sp³-hybridized carbons (Fsp3) is 0.397. The van der Waals surface area contributed by atoms with Gasteiger partial charge in [0.15, 0.2) is 5.60 Å². The first-order chi connectivity index (χ1) is 31.9. The predicted molar refractivity (Wildman–Crippen MR) is 270 cm³/mol. The molecule has 0 amide bonds. The van der Waals surface area contributed by atoms with Crippen molar-refractivity contribution in [1.29, 1.82) is 0 Å². The molecular formula is C58H69N3O4. The minimum Gasteiger partial charge on any atom is -0.494 e. The number of hydrogen-bond donors (Lipinski definition) is 0. The molecule has 0 aliphatic carbocycles. The molecule has 0 unspecified atom stereocenters. The third-order valence-electron chi connectivity index (χ3n) is 13.3. The summed E-state index contributed by atoms with van der Waals surface area (Å²) < 4.78 is 18.8. The quantitative estimate of drug-likeness (QED) is 0.0766. The highest BCUT2D eigenvalue weighted by Gasteiger charge is 2.44. The largest absolute Gasteiger partial charge is 0.494 e. The number of benzene rings is 5. The first-order valence-corrected chi connectivity index (χ1v) is 24.7. The number of carbonyl (C=O) groups excluding carboxylic acids is 1. The van der Waals surface area contributed by atoms with E-state index in [9.17, 15) is 4.79 Å². The number of esters is 1. The van der Waals surface area contributed by atoms with Crippen LogP contribution < -0.4 is 24.2 Å². The van der Waals surface area contributed by atoms with Crippen LogP contribution in [-0.4, -0.2) is 58.5 Å². The molecule has 0 N–H and O–H groups in total. The van der Waals surface area contributed by atoms with Gasteiger partial charge in [0.25, 0.3) is 0 Å². The topological polar surface area (TPSA) is 54.5 Å². The van der Waals surface area contributed by atoms with Crippen molar-refractivity contribution >= 4 is 34.2 Å². The Hall–Kier alpha value is -5.95. The molecule has 8 rings (SSSR count). The van der Waals surface area contributed by atoms with Gasteiger partial charge in [0, 0.05) is 61.9 Å². The summed E-state index contributed by atoms with van der Waals surface area (Å²) in [5.74, 6) is 1.31. The Bertz CT molecular complexity index is 2240. The molecule has 0 radical (unpaired) electrons. The van der Waals surface area contributed by atoms with Crippen molar-refractivity contribution in [2.24, 2.45) is 0 Å². The molecule has 5 aromatic carbocycles. The number of hydrogen-bond acceptors (Lipinski definition) is 7. The standard InChI is InChI=1S/C58H69N3O4/c1-5-9-35-61(36-10-6-2)50-29-34-53-56(41-50)58(65-57(53)62,42-54(46-21-30-51(31-22-46)63-7-3)44-17-25-48(26-18-44)59-37-13-11-14-38-59)43-55(47-23-32-52(33-24-47)64-8-4)45-19-27-49(28-20-45)60-39-15-12-16-40-60/h17-34,41-43H,5-16,35-40H2,1-4H3/b54-42-,55-43-. The van der Waals surface area contributed by atoms with E-state index in [1.807, 2.05) is 44.2 Å². The third-order valence-corrected chi connectivity index (χ3v) is 13.3. The Morgan fingerprint density at radius 1 is 0.569 bits per heavy atom. The Labute approximate surface area is 388 Å². The van der Waals surface area contributed by atoms with Crippen molar-refractivity contribution in [3.05, 3.63) is 161 Å². The molecule has 2 saturated heterocycles. The molecule has 3 aliphatic rings. The number of piperidine rings is 2. The van der Waals surface area contributed by atoms with Crippen molar-refractivity contribution in [1.82, 2.24) is 0 Å². The molecule has 7 nitrogen and oxygen atoms in total. The lowest BCUT2D eigenvalue weighted by Crippen LogP contribution is -2.29. The van der Waals surface area contributed by atoms with E-state index in [0.29, 0.717) is 18.8 Å². The lowest BCUT2D eigenvalue weighted by atomic mass is 9.82. The van der Waals surface area contributed by atoms with E-state index < -0.39 is 5.60 Å². The second-order valence-corrected chi connectivity index (χ2v) is 17.8. The number of carbonyl (C=O) groups is 1. The first-order valence-electron chi connectivity index (χ1n) is 24.7. The number of nitrogens with zero attached hydrogens (tertiary/aromatic N) is 3. The maximum Gasteiger partial charge on any atom is 0.340 e.